The van der Waals surface area contributed by atoms with Gasteiger partial charge in [-0.1, -0.05) is 6.92 Å². The van der Waals surface area contributed by atoms with Gasteiger partial charge in [-0.2, -0.15) is 0 Å². The van der Waals surface area contributed by atoms with Gasteiger partial charge >= 0.3 is 0 Å². The van der Waals surface area contributed by atoms with Gasteiger partial charge in [0.25, 0.3) is 0 Å². The van der Waals surface area contributed by atoms with Gasteiger partial charge in [0.15, 0.2) is 0 Å². The van der Waals surface area contributed by atoms with E-state index in [0.717, 1.165) is 25.2 Å². The lowest BCUT2D eigenvalue weighted by molar-refractivity contribution is -0.133. The molecule has 2 heterocycles. The molecule has 6 heteroatoms. The number of hydrogen-bond acceptors (Lipinski definition) is 4. The molecule has 20 heavy (non-hydrogen) atoms. The number of nitrogens with zero attached hydrogens (tertiary/aromatic N) is 4. The van der Waals surface area contributed by atoms with Gasteiger partial charge in [0, 0.05) is 25.0 Å². The normalized spacial score (nSPS) is 21.2. The second-order valence-corrected chi connectivity index (χ2v) is 5.83. The van der Waals surface area contributed by atoms with Crippen molar-refractivity contribution < 1.29 is 4.79 Å². The summed E-state index contributed by atoms with van der Waals surface area (Å²) in [4.78, 5) is 14.1. The van der Waals surface area contributed by atoms with Crippen molar-refractivity contribution in [3.8, 4) is 0 Å². The number of hydrogen-bond donors (Lipinski definition) is 1. The maximum absolute atomic E-state index is 12.2. The van der Waals surface area contributed by atoms with Gasteiger partial charge in [-0.15, -0.1) is 10.2 Å². The van der Waals surface area contributed by atoms with E-state index in [-0.39, 0.29) is 17.9 Å². The first-order valence-electron chi connectivity index (χ1n) is 7.48. The number of carbonyl (C=O) groups excluding carboxylic acids is 1. The van der Waals surface area contributed by atoms with Crippen molar-refractivity contribution in [1.82, 2.24) is 19.7 Å². The molecule has 1 fully saturated rings. The van der Waals surface area contributed by atoms with E-state index >= 15 is 0 Å². The van der Waals surface area contributed by atoms with Crippen molar-refractivity contribution in [3.05, 3.63) is 12.2 Å². The first kappa shape index (κ1) is 15.0. The van der Waals surface area contributed by atoms with Crippen LogP contribution in [0.1, 0.15) is 57.8 Å². The minimum absolute atomic E-state index is 0.0628. The number of aromatic nitrogens is 3. The third-order valence-electron chi connectivity index (χ3n) is 4.01. The number of carbonyl (C=O) groups is 1. The van der Waals surface area contributed by atoms with Crippen LogP contribution in [0.25, 0.3) is 0 Å². The maximum atomic E-state index is 12.2. The fraction of sp³-hybridized carbons (Fsp3) is 0.786. The summed E-state index contributed by atoms with van der Waals surface area (Å²) >= 11 is 0. The van der Waals surface area contributed by atoms with Gasteiger partial charge in [0.1, 0.15) is 12.2 Å². The largest absolute Gasteiger partial charge is 0.341 e. The highest BCUT2D eigenvalue weighted by Gasteiger charge is 2.29. The predicted octanol–water partition coefficient (Wildman–Crippen LogP) is 1.30. The molecule has 0 aliphatic carbocycles. The molecule has 2 atom stereocenters. The first-order valence-corrected chi connectivity index (χ1v) is 7.48. The highest BCUT2D eigenvalue weighted by molar-refractivity contribution is 5.81. The monoisotopic (exact) mass is 279 g/mol. The van der Waals surface area contributed by atoms with Crippen LogP contribution in [-0.4, -0.2) is 44.7 Å². The molecule has 0 spiro atoms. The molecule has 1 amide bonds. The fourth-order valence-corrected chi connectivity index (χ4v) is 2.74. The molecule has 1 aromatic heterocycles. The Hall–Kier alpha value is -1.43. The molecule has 0 radical (unpaired) electrons. The van der Waals surface area contributed by atoms with Crippen molar-refractivity contribution >= 4 is 5.91 Å². The molecule has 1 saturated heterocycles. The molecule has 2 rings (SSSR count). The van der Waals surface area contributed by atoms with Gasteiger partial charge in [-0.3, -0.25) is 4.79 Å². The number of likely N-dealkylation sites (tertiary alicyclic amines) is 1. The van der Waals surface area contributed by atoms with Gasteiger partial charge < -0.3 is 15.2 Å². The smallest absolute Gasteiger partial charge is 0.239 e. The molecule has 1 aromatic rings. The van der Waals surface area contributed by atoms with E-state index in [1.165, 1.54) is 0 Å². The maximum Gasteiger partial charge on any atom is 0.239 e. The molecule has 0 saturated carbocycles. The van der Waals surface area contributed by atoms with Crippen LogP contribution in [0.4, 0.5) is 0 Å². The van der Waals surface area contributed by atoms with Crippen LogP contribution in [0.5, 0.6) is 0 Å². The minimum atomic E-state index is -0.378. The lowest BCUT2D eigenvalue weighted by atomic mass is 9.96. The van der Waals surface area contributed by atoms with E-state index in [4.69, 9.17) is 5.73 Å². The SMILES string of the molecule is CCC(N)C(=O)N1CCCC(c2nncn2C(C)C)C1. The summed E-state index contributed by atoms with van der Waals surface area (Å²) in [7, 11) is 0. The first-order chi connectivity index (χ1) is 9.54. The molecule has 2 N–H and O–H groups in total. The average Bonchev–Trinajstić information content (AvgIpc) is 2.95. The lowest BCUT2D eigenvalue weighted by Gasteiger charge is -2.34. The van der Waals surface area contributed by atoms with Crippen LogP contribution in [0, 0.1) is 0 Å². The van der Waals surface area contributed by atoms with Crippen LogP contribution in [0.3, 0.4) is 0 Å². The van der Waals surface area contributed by atoms with Crippen molar-refractivity contribution in [2.45, 2.75) is 58.0 Å². The van der Waals surface area contributed by atoms with Crippen molar-refractivity contribution in [3.63, 3.8) is 0 Å². The van der Waals surface area contributed by atoms with E-state index < -0.39 is 0 Å². The summed E-state index contributed by atoms with van der Waals surface area (Å²) in [5.41, 5.74) is 5.87. The van der Waals surface area contributed by atoms with Gasteiger partial charge in [-0.05, 0) is 33.1 Å². The molecular weight excluding hydrogens is 254 g/mol. The van der Waals surface area contributed by atoms with Crippen molar-refractivity contribution in [1.29, 1.82) is 0 Å². The third kappa shape index (κ3) is 3.00. The Kier molecular flexibility index (Phi) is 4.75. The quantitative estimate of drug-likeness (QED) is 0.901. The summed E-state index contributed by atoms with van der Waals surface area (Å²) in [6.45, 7) is 7.69. The number of nitrogens with two attached hydrogens (primary N) is 1. The zero-order valence-corrected chi connectivity index (χ0v) is 12.6. The minimum Gasteiger partial charge on any atom is -0.341 e. The van der Waals surface area contributed by atoms with Crippen LogP contribution >= 0.6 is 0 Å². The molecule has 0 aromatic carbocycles. The van der Waals surface area contributed by atoms with E-state index in [1.54, 1.807) is 6.33 Å². The van der Waals surface area contributed by atoms with Crippen molar-refractivity contribution in [2.24, 2.45) is 5.73 Å². The molecule has 1 aliphatic rings. The molecule has 1 aliphatic heterocycles. The Morgan fingerprint density at radius 3 is 2.95 bits per heavy atom. The summed E-state index contributed by atoms with van der Waals surface area (Å²) in [5.74, 6) is 1.32. The van der Waals surface area contributed by atoms with Gasteiger partial charge in [-0.25, -0.2) is 0 Å². The van der Waals surface area contributed by atoms with E-state index in [1.807, 2.05) is 11.8 Å². The fourth-order valence-electron chi connectivity index (χ4n) is 2.74. The Labute approximate surface area is 120 Å². The predicted molar refractivity (Wildman–Crippen MR) is 77.2 cm³/mol. The summed E-state index contributed by atoms with van der Waals surface area (Å²) in [6, 6.07) is -0.0410. The van der Waals surface area contributed by atoms with Gasteiger partial charge in [0.2, 0.25) is 5.91 Å². The number of piperidine rings is 1. The topological polar surface area (TPSA) is 77.0 Å². The second kappa shape index (κ2) is 6.35. The third-order valence-corrected chi connectivity index (χ3v) is 4.01. The highest BCUT2D eigenvalue weighted by Crippen LogP contribution is 2.27. The molecule has 112 valence electrons. The second-order valence-electron chi connectivity index (χ2n) is 5.83. The average molecular weight is 279 g/mol. The Morgan fingerprint density at radius 2 is 2.30 bits per heavy atom. The summed E-state index contributed by atoms with van der Waals surface area (Å²) in [5, 5.41) is 8.29. The summed E-state index contributed by atoms with van der Waals surface area (Å²) < 4.78 is 2.10. The van der Waals surface area contributed by atoms with E-state index in [0.29, 0.717) is 19.0 Å². The van der Waals surface area contributed by atoms with Gasteiger partial charge in [0.05, 0.1) is 6.04 Å². The van der Waals surface area contributed by atoms with E-state index in [2.05, 4.69) is 28.6 Å². The molecule has 6 nitrogen and oxygen atoms in total. The standard InChI is InChI=1S/C14H25N5O/c1-4-12(15)14(20)18-7-5-6-11(8-18)13-17-16-9-19(13)10(2)3/h9-12H,4-8,15H2,1-3H3. The summed E-state index contributed by atoms with van der Waals surface area (Å²) in [6.07, 6.45) is 4.51. The zero-order chi connectivity index (χ0) is 14.7. The number of amides is 1. The van der Waals surface area contributed by atoms with Crippen LogP contribution in [-0.2, 0) is 4.79 Å². The molecule has 2 unspecified atom stereocenters. The van der Waals surface area contributed by atoms with Crippen molar-refractivity contribution in [2.75, 3.05) is 13.1 Å². The Morgan fingerprint density at radius 1 is 1.55 bits per heavy atom. The molecule has 0 bridgehead atoms. The zero-order valence-electron chi connectivity index (χ0n) is 12.6. The van der Waals surface area contributed by atoms with Crippen LogP contribution < -0.4 is 5.73 Å². The lowest BCUT2D eigenvalue weighted by Crippen LogP contribution is -2.47. The van der Waals surface area contributed by atoms with Crippen LogP contribution in [0.15, 0.2) is 6.33 Å². The molecular formula is C14H25N5O. The number of rotatable bonds is 4. The Balaban J connectivity index is 2.10. The van der Waals surface area contributed by atoms with E-state index in [9.17, 15) is 4.79 Å². The Bertz CT molecular complexity index is 456. The van der Waals surface area contributed by atoms with Crippen LogP contribution in [0.2, 0.25) is 0 Å². The highest BCUT2D eigenvalue weighted by atomic mass is 16.2.